The van der Waals surface area contributed by atoms with Gasteiger partial charge in [-0.1, -0.05) is 26.8 Å². The number of aliphatic hydroxyl groups is 1. The molecular weight excluding hydrogens is 150 g/mol. The monoisotopic (exact) mass is 171 g/mol. The molecule has 0 aromatic carbocycles. The minimum Gasteiger partial charge on any atom is -0.384 e. The molecule has 72 valence electrons. The zero-order valence-corrected chi connectivity index (χ0v) is 8.59. The summed E-state index contributed by atoms with van der Waals surface area (Å²) >= 11 is 0. The van der Waals surface area contributed by atoms with Crippen LogP contribution in [0, 0.1) is 5.41 Å². The molecule has 2 nitrogen and oxygen atoms in total. The van der Waals surface area contributed by atoms with Gasteiger partial charge in [0.05, 0.1) is 5.60 Å². The van der Waals surface area contributed by atoms with E-state index < -0.39 is 5.60 Å². The predicted molar refractivity (Wildman–Crippen MR) is 52.9 cm³/mol. The Bertz CT molecular complexity index is 156. The third-order valence-corrected chi connectivity index (χ3v) is 2.00. The van der Waals surface area contributed by atoms with Crippen molar-refractivity contribution in [1.29, 1.82) is 0 Å². The van der Waals surface area contributed by atoms with Crippen LogP contribution in [0.3, 0.4) is 0 Å². The van der Waals surface area contributed by atoms with E-state index in [4.69, 9.17) is 5.73 Å². The van der Waals surface area contributed by atoms with E-state index in [2.05, 4.69) is 27.4 Å². The van der Waals surface area contributed by atoms with Crippen molar-refractivity contribution < 1.29 is 5.11 Å². The van der Waals surface area contributed by atoms with Gasteiger partial charge in [0.2, 0.25) is 0 Å². The number of hydrogen-bond donors (Lipinski definition) is 2. The summed E-state index contributed by atoms with van der Waals surface area (Å²) in [6, 6.07) is -0.241. The number of nitrogens with two attached hydrogens (primary N) is 1. The van der Waals surface area contributed by atoms with Gasteiger partial charge >= 0.3 is 0 Å². The van der Waals surface area contributed by atoms with Crippen molar-refractivity contribution >= 4 is 0 Å². The summed E-state index contributed by atoms with van der Waals surface area (Å²) in [5, 5.41) is 9.71. The largest absolute Gasteiger partial charge is 0.384 e. The topological polar surface area (TPSA) is 46.2 Å². The van der Waals surface area contributed by atoms with Crippen LogP contribution in [0.2, 0.25) is 0 Å². The third kappa shape index (κ3) is 3.88. The summed E-state index contributed by atoms with van der Waals surface area (Å²) in [5.41, 5.74) is 5.02. The summed E-state index contributed by atoms with van der Waals surface area (Å²) in [4.78, 5) is 0. The molecular formula is C10H21NO. The Hall–Kier alpha value is -0.340. The smallest absolute Gasteiger partial charge is 0.0947 e. The van der Waals surface area contributed by atoms with E-state index in [0.717, 1.165) is 6.42 Å². The third-order valence-electron chi connectivity index (χ3n) is 2.00. The van der Waals surface area contributed by atoms with E-state index in [9.17, 15) is 5.11 Å². The van der Waals surface area contributed by atoms with Crippen LogP contribution < -0.4 is 5.73 Å². The van der Waals surface area contributed by atoms with Gasteiger partial charge in [-0.05, 0) is 18.8 Å². The van der Waals surface area contributed by atoms with Crippen molar-refractivity contribution in [2.45, 2.75) is 45.8 Å². The Morgan fingerprint density at radius 3 is 2.08 bits per heavy atom. The van der Waals surface area contributed by atoms with Crippen LogP contribution in [-0.2, 0) is 0 Å². The highest BCUT2D eigenvalue weighted by Gasteiger charge is 2.28. The lowest BCUT2D eigenvalue weighted by atomic mass is 9.82. The highest BCUT2D eigenvalue weighted by Crippen LogP contribution is 2.25. The first-order valence-corrected chi connectivity index (χ1v) is 4.30. The molecule has 2 atom stereocenters. The molecule has 0 bridgehead atoms. The summed E-state index contributed by atoms with van der Waals surface area (Å²) in [6.45, 7) is 11.6. The van der Waals surface area contributed by atoms with Crippen LogP contribution in [0.4, 0.5) is 0 Å². The second kappa shape index (κ2) is 3.58. The first-order chi connectivity index (χ1) is 5.19. The minimum absolute atomic E-state index is 0.145. The van der Waals surface area contributed by atoms with Crippen molar-refractivity contribution in [1.82, 2.24) is 0 Å². The van der Waals surface area contributed by atoms with Gasteiger partial charge in [0.1, 0.15) is 0 Å². The first kappa shape index (κ1) is 11.7. The van der Waals surface area contributed by atoms with Crippen LogP contribution in [0.5, 0.6) is 0 Å². The lowest BCUT2D eigenvalue weighted by Gasteiger charge is -2.31. The van der Waals surface area contributed by atoms with Gasteiger partial charge in [-0.3, -0.25) is 0 Å². The van der Waals surface area contributed by atoms with Gasteiger partial charge in [-0.2, -0.15) is 0 Å². The second-order valence-corrected chi connectivity index (χ2v) is 4.80. The summed E-state index contributed by atoms with van der Waals surface area (Å²) in [7, 11) is 0. The highest BCUT2D eigenvalue weighted by atomic mass is 16.3. The van der Waals surface area contributed by atoms with Crippen LogP contribution in [0.15, 0.2) is 12.7 Å². The zero-order chi connectivity index (χ0) is 9.99. The summed E-state index contributed by atoms with van der Waals surface area (Å²) < 4.78 is 0. The van der Waals surface area contributed by atoms with E-state index in [0.29, 0.717) is 0 Å². The predicted octanol–water partition coefficient (Wildman–Crippen LogP) is 1.69. The molecule has 0 heterocycles. The Morgan fingerprint density at radius 1 is 1.42 bits per heavy atom. The molecule has 0 rings (SSSR count). The van der Waals surface area contributed by atoms with Crippen molar-refractivity contribution in [2.24, 2.45) is 11.1 Å². The molecule has 2 heteroatoms. The van der Waals surface area contributed by atoms with Crippen LogP contribution >= 0.6 is 0 Å². The fourth-order valence-corrected chi connectivity index (χ4v) is 1.02. The molecule has 0 spiro atoms. The average Bonchev–Trinajstić information content (AvgIpc) is 1.84. The Morgan fingerprint density at radius 2 is 1.83 bits per heavy atom. The molecule has 0 fully saturated rings. The van der Waals surface area contributed by atoms with E-state index in [1.54, 1.807) is 6.92 Å². The zero-order valence-electron chi connectivity index (χ0n) is 8.59. The van der Waals surface area contributed by atoms with Crippen LogP contribution in [0.1, 0.15) is 34.1 Å². The first-order valence-electron chi connectivity index (χ1n) is 4.30. The number of hydrogen-bond acceptors (Lipinski definition) is 2. The molecule has 0 aliphatic rings. The Labute approximate surface area is 75.5 Å². The van der Waals surface area contributed by atoms with Gasteiger partial charge in [0.15, 0.2) is 0 Å². The molecule has 0 aromatic heterocycles. The van der Waals surface area contributed by atoms with Gasteiger partial charge in [0.25, 0.3) is 0 Å². The normalized spacial score (nSPS) is 19.8. The lowest BCUT2D eigenvalue weighted by molar-refractivity contribution is 0.0654. The quantitative estimate of drug-likeness (QED) is 0.635. The van der Waals surface area contributed by atoms with E-state index in [1.807, 2.05) is 0 Å². The molecule has 0 aromatic rings. The molecule has 0 radical (unpaired) electrons. The summed E-state index contributed by atoms with van der Waals surface area (Å²) in [6.07, 6.45) is 2.29. The van der Waals surface area contributed by atoms with Gasteiger partial charge in [-0.15, -0.1) is 6.58 Å². The molecule has 3 N–H and O–H groups in total. The van der Waals surface area contributed by atoms with Crippen molar-refractivity contribution in [3.05, 3.63) is 12.7 Å². The van der Waals surface area contributed by atoms with E-state index in [1.165, 1.54) is 6.08 Å². The molecule has 2 unspecified atom stereocenters. The fraction of sp³-hybridized carbons (Fsp3) is 0.800. The summed E-state index contributed by atoms with van der Waals surface area (Å²) in [5.74, 6) is 0. The average molecular weight is 171 g/mol. The molecule has 0 saturated carbocycles. The van der Waals surface area contributed by atoms with Crippen molar-refractivity contribution in [3.8, 4) is 0 Å². The molecule has 0 amide bonds. The molecule has 12 heavy (non-hydrogen) atoms. The van der Waals surface area contributed by atoms with E-state index >= 15 is 0 Å². The number of rotatable bonds is 3. The molecule has 0 aliphatic heterocycles. The fourth-order valence-electron chi connectivity index (χ4n) is 1.02. The SMILES string of the molecule is C=CC(C)(O)C(N)CC(C)(C)C. The standard InChI is InChI=1S/C10H21NO/c1-6-10(5,12)8(11)7-9(2,3)4/h6,8,12H,1,7,11H2,2-5H3. The van der Waals surface area contributed by atoms with Crippen LogP contribution in [-0.4, -0.2) is 16.7 Å². The van der Waals surface area contributed by atoms with Gasteiger partial charge in [-0.25, -0.2) is 0 Å². The van der Waals surface area contributed by atoms with Gasteiger partial charge < -0.3 is 10.8 Å². The second-order valence-electron chi connectivity index (χ2n) is 4.80. The maximum Gasteiger partial charge on any atom is 0.0947 e. The Kier molecular flexibility index (Phi) is 3.48. The Balaban J connectivity index is 4.22. The lowest BCUT2D eigenvalue weighted by Crippen LogP contribution is -2.45. The maximum atomic E-state index is 9.71. The minimum atomic E-state index is -0.951. The van der Waals surface area contributed by atoms with Crippen molar-refractivity contribution in [2.75, 3.05) is 0 Å². The van der Waals surface area contributed by atoms with Crippen molar-refractivity contribution in [3.63, 3.8) is 0 Å². The highest BCUT2D eigenvalue weighted by molar-refractivity contribution is 5.00. The van der Waals surface area contributed by atoms with E-state index in [-0.39, 0.29) is 11.5 Å². The molecule has 0 saturated heterocycles. The maximum absolute atomic E-state index is 9.71. The van der Waals surface area contributed by atoms with Gasteiger partial charge in [0, 0.05) is 6.04 Å². The molecule has 0 aliphatic carbocycles. The van der Waals surface area contributed by atoms with Crippen LogP contribution in [0.25, 0.3) is 0 Å².